The van der Waals surface area contributed by atoms with Gasteiger partial charge in [0.05, 0.1) is 13.2 Å². The number of ether oxygens (including phenoxy) is 2. The maximum atomic E-state index is 10.8. The number of hydrogen-bond acceptors (Lipinski definition) is 3. The first-order valence-electron chi connectivity index (χ1n) is 11.5. The predicted molar refractivity (Wildman–Crippen MR) is 121 cm³/mol. The maximum absolute atomic E-state index is 10.8. The van der Waals surface area contributed by atoms with Crippen molar-refractivity contribution in [2.24, 2.45) is 0 Å². The van der Waals surface area contributed by atoms with Crippen LogP contribution in [0.3, 0.4) is 0 Å². The Hall–Kier alpha value is -1.97. The Morgan fingerprint density at radius 2 is 1.31 bits per heavy atom. The lowest BCUT2D eigenvalue weighted by Crippen LogP contribution is -2.03. The molecular formula is C25H40O4. The van der Waals surface area contributed by atoms with Gasteiger partial charge in [0, 0.05) is 6.08 Å². The number of carboxylic acid groups (broad SMARTS) is 1. The summed E-state index contributed by atoms with van der Waals surface area (Å²) in [5.74, 6) is 0.497. The fourth-order valence-corrected chi connectivity index (χ4v) is 3.16. The van der Waals surface area contributed by atoms with Crippen molar-refractivity contribution in [1.29, 1.82) is 0 Å². The molecule has 1 aromatic carbocycles. The molecule has 4 heteroatoms. The van der Waals surface area contributed by atoms with Gasteiger partial charge in [-0.15, -0.1) is 0 Å². The molecule has 0 saturated heterocycles. The summed E-state index contributed by atoms with van der Waals surface area (Å²) in [6.45, 7) is 5.79. The summed E-state index contributed by atoms with van der Waals surface area (Å²) in [7, 11) is 0. The van der Waals surface area contributed by atoms with E-state index < -0.39 is 5.97 Å². The Balaban J connectivity index is 2.52. The van der Waals surface area contributed by atoms with Gasteiger partial charge in [0.1, 0.15) is 0 Å². The standard InChI is InChI=1S/C25H40O4/c1-3-5-7-9-11-13-19-28-23-17-15-22(16-18-25(26)27)21-24(23)29-20-14-12-10-8-6-4-2/h15-18,21H,3-14,19-20H2,1-2H3,(H,26,27). The van der Waals surface area contributed by atoms with Crippen LogP contribution < -0.4 is 9.47 Å². The van der Waals surface area contributed by atoms with Crippen LogP contribution in [0.5, 0.6) is 11.5 Å². The first-order valence-corrected chi connectivity index (χ1v) is 11.5. The lowest BCUT2D eigenvalue weighted by Gasteiger charge is -2.14. The molecule has 4 nitrogen and oxygen atoms in total. The van der Waals surface area contributed by atoms with Gasteiger partial charge in [0.2, 0.25) is 0 Å². The average molecular weight is 405 g/mol. The Labute approximate surface area is 177 Å². The van der Waals surface area contributed by atoms with E-state index in [2.05, 4.69) is 13.8 Å². The van der Waals surface area contributed by atoms with Gasteiger partial charge in [-0.2, -0.15) is 0 Å². The molecule has 0 saturated carbocycles. The molecule has 0 unspecified atom stereocenters. The van der Waals surface area contributed by atoms with Crippen molar-refractivity contribution >= 4 is 12.0 Å². The zero-order chi connectivity index (χ0) is 21.2. The first kappa shape index (κ1) is 25.1. The highest BCUT2D eigenvalue weighted by molar-refractivity contribution is 5.85. The van der Waals surface area contributed by atoms with Crippen molar-refractivity contribution in [2.75, 3.05) is 13.2 Å². The molecule has 0 spiro atoms. The van der Waals surface area contributed by atoms with E-state index in [1.807, 2.05) is 18.2 Å². The van der Waals surface area contributed by atoms with Crippen LogP contribution in [-0.4, -0.2) is 24.3 Å². The molecule has 29 heavy (non-hydrogen) atoms. The molecule has 0 aliphatic heterocycles. The minimum absolute atomic E-state index is 0.658. The number of aliphatic carboxylic acids is 1. The molecule has 1 aromatic rings. The molecule has 0 fully saturated rings. The summed E-state index contributed by atoms with van der Waals surface area (Å²) in [4.78, 5) is 10.8. The summed E-state index contributed by atoms with van der Waals surface area (Å²) in [5.41, 5.74) is 0.803. The molecule has 0 amide bonds. The van der Waals surface area contributed by atoms with Gasteiger partial charge in [-0.25, -0.2) is 4.79 Å². The number of rotatable bonds is 18. The van der Waals surface area contributed by atoms with Gasteiger partial charge in [-0.05, 0) is 36.6 Å². The van der Waals surface area contributed by atoms with Gasteiger partial charge >= 0.3 is 5.97 Å². The third kappa shape index (κ3) is 13.0. The van der Waals surface area contributed by atoms with Crippen LogP contribution in [-0.2, 0) is 4.79 Å². The maximum Gasteiger partial charge on any atom is 0.328 e. The number of benzene rings is 1. The number of carboxylic acids is 1. The first-order chi connectivity index (χ1) is 14.2. The summed E-state index contributed by atoms with van der Waals surface area (Å²) in [6.07, 6.45) is 17.4. The third-order valence-corrected chi connectivity index (χ3v) is 4.90. The summed E-state index contributed by atoms with van der Waals surface area (Å²) in [5, 5.41) is 8.84. The zero-order valence-electron chi connectivity index (χ0n) is 18.5. The van der Waals surface area contributed by atoms with E-state index in [9.17, 15) is 4.79 Å². The fourth-order valence-electron chi connectivity index (χ4n) is 3.16. The molecule has 0 aliphatic rings. The van der Waals surface area contributed by atoms with Crippen LogP contribution in [0.15, 0.2) is 24.3 Å². The summed E-state index contributed by atoms with van der Waals surface area (Å²) < 4.78 is 12.0. The molecule has 0 radical (unpaired) electrons. The van der Waals surface area contributed by atoms with E-state index in [-0.39, 0.29) is 0 Å². The van der Waals surface area contributed by atoms with E-state index in [1.165, 1.54) is 64.2 Å². The molecule has 1 N–H and O–H groups in total. The van der Waals surface area contributed by atoms with E-state index >= 15 is 0 Å². The normalized spacial score (nSPS) is 11.1. The van der Waals surface area contributed by atoms with Gasteiger partial charge in [0.15, 0.2) is 11.5 Å². The van der Waals surface area contributed by atoms with Crippen molar-refractivity contribution in [3.63, 3.8) is 0 Å². The lowest BCUT2D eigenvalue weighted by molar-refractivity contribution is -0.131. The number of hydrogen-bond donors (Lipinski definition) is 1. The zero-order valence-corrected chi connectivity index (χ0v) is 18.5. The monoisotopic (exact) mass is 404 g/mol. The van der Waals surface area contributed by atoms with Crippen LogP contribution in [0.25, 0.3) is 6.08 Å². The molecule has 0 aromatic heterocycles. The lowest BCUT2D eigenvalue weighted by atomic mass is 10.1. The van der Waals surface area contributed by atoms with Crippen molar-refractivity contribution in [3.05, 3.63) is 29.8 Å². The Bertz CT molecular complexity index is 580. The molecule has 164 valence electrons. The van der Waals surface area contributed by atoms with Crippen LogP contribution in [0, 0.1) is 0 Å². The Kier molecular flexibility index (Phi) is 14.6. The highest BCUT2D eigenvalue weighted by Crippen LogP contribution is 2.29. The topological polar surface area (TPSA) is 55.8 Å². The van der Waals surface area contributed by atoms with E-state index in [4.69, 9.17) is 14.6 Å². The van der Waals surface area contributed by atoms with Gasteiger partial charge in [-0.1, -0.05) is 84.1 Å². The van der Waals surface area contributed by atoms with Crippen molar-refractivity contribution in [3.8, 4) is 11.5 Å². The number of carbonyl (C=O) groups is 1. The molecule has 0 bridgehead atoms. The fraction of sp³-hybridized carbons (Fsp3) is 0.640. The quantitative estimate of drug-likeness (QED) is 0.206. The second kappa shape index (κ2) is 16.9. The molecular weight excluding hydrogens is 364 g/mol. The van der Waals surface area contributed by atoms with Gasteiger partial charge in [0.25, 0.3) is 0 Å². The molecule has 1 rings (SSSR count). The molecule has 0 aliphatic carbocycles. The molecule has 0 heterocycles. The van der Waals surface area contributed by atoms with Gasteiger partial charge < -0.3 is 14.6 Å². The van der Waals surface area contributed by atoms with Crippen LogP contribution in [0.4, 0.5) is 0 Å². The largest absolute Gasteiger partial charge is 0.490 e. The Morgan fingerprint density at radius 1 is 0.793 bits per heavy atom. The van der Waals surface area contributed by atoms with Gasteiger partial charge in [-0.3, -0.25) is 0 Å². The highest BCUT2D eigenvalue weighted by atomic mass is 16.5. The SMILES string of the molecule is CCCCCCCCOc1ccc(C=CC(=O)O)cc1OCCCCCCCC. The van der Waals surface area contributed by atoms with Crippen molar-refractivity contribution in [1.82, 2.24) is 0 Å². The minimum Gasteiger partial charge on any atom is -0.490 e. The van der Waals surface area contributed by atoms with E-state index in [1.54, 1.807) is 6.08 Å². The van der Waals surface area contributed by atoms with Crippen LogP contribution >= 0.6 is 0 Å². The van der Waals surface area contributed by atoms with Crippen molar-refractivity contribution in [2.45, 2.75) is 90.9 Å². The minimum atomic E-state index is -0.956. The summed E-state index contributed by atoms with van der Waals surface area (Å²) >= 11 is 0. The average Bonchev–Trinajstić information content (AvgIpc) is 2.72. The van der Waals surface area contributed by atoms with E-state index in [0.717, 1.165) is 30.2 Å². The Morgan fingerprint density at radius 3 is 1.86 bits per heavy atom. The third-order valence-electron chi connectivity index (χ3n) is 4.90. The predicted octanol–water partition coefficient (Wildman–Crippen LogP) is 7.26. The second-order valence-corrected chi connectivity index (χ2v) is 7.61. The number of unbranched alkanes of at least 4 members (excludes halogenated alkanes) is 10. The highest BCUT2D eigenvalue weighted by Gasteiger charge is 2.07. The van der Waals surface area contributed by atoms with Crippen LogP contribution in [0.1, 0.15) is 96.5 Å². The summed E-state index contributed by atoms with van der Waals surface area (Å²) in [6, 6.07) is 5.62. The molecule has 0 atom stereocenters. The second-order valence-electron chi connectivity index (χ2n) is 7.61. The van der Waals surface area contributed by atoms with Crippen molar-refractivity contribution < 1.29 is 19.4 Å². The smallest absolute Gasteiger partial charge is 0.328 e. The van der Waals surface area contributed by atoms with E-state index in [0.29, 0.717) is 19.0 Å². The van der Waals surface area contributed by atoms with Crippen LogP contribution in [0.2, 0.25) is 0 Å².